The predicted octanol–water partition coefficient (Wildman–Crippen LogP) is 4.49. The number of rotatable bonds is 5. The van der Waals surface area contributed by atoms with Crippen LogP contribution < -0.4 is 0 Å². The molecule has 0 atom stereocenters. The fourth-order valence-electron chi connectivity index (χ4n) is 3.01. The Morgan fingerprint density at radius 3 is 2.83 bits per heavy atom. The third kappa shape index (κ3) is 4.18. The SMILES string of the molecule is O=C(CC1CCCCC1)OCc1cc(-c2ccccc2F)on1. The minimum Gasteiger partial charge on any atom is -0.459 e. The molecule has 0 aliphatic heterocycles. The number of aromatic nitrogens is 1. The molecule has 1 aromatic heterocycles. The molecule has 2 aromatic rings. The van der Waals surface area contributed by atoms with Gasteiger partial charge >= 0.3 is 5.97 Å². The van der Waals surface area contributed by atoms with Crippen molar-refractivity contribution < 1.29 is 18.4 Å². The highest BCUT2D eigenvalue weighted by Crippen LogP contribution is 2.27. The number of carbonyl (C=O) groups is 1. The molecule has 1 aromatic carbocycles. The quantitative estimate of drug-likeness (QED) is 0.762. The Labute approximate surface area is 134 Å². The van der Waals surface area contributed by atoms with E-state index in [-0.39, 0.29) is 18.4 Å². The molecule has 1 aliphatic rings. The van der Waals surface area contributed by atoms with Crippen molar-refractivity contribution in [2.45, 2.75) is 45.1 Å². The first kappa shape index (κ1) is 15.7. The molecule has 1 saturated carbocycles. The maximum absolute atomic E-state index is 13.7. The highest BCUT2D eigenvalue weighted by molar-refractivity contribution is 5.69. The minimum absolute atomic E-state index is 0.0590. The van der Waals surface area contributed by atoms with E-state index in [9.17, 15) is 9.18 Å². The molecule has 0 radical (unpaired) electrons. The standard InChI is InChI=1S/C18H20FNO3/c19-16-9-5-4-8-15(16)17-11-14(20-23-17)12-22-18(21)10-13-6-2-1-3-7-13/h4-5,8-9,11,13H,1-3,6-7,10,12H2. The summed E-state index contributed by atoms with van der Waals surface area (Å²) in [7, 11) is 0. The number of carbonyl (C=O) groups excluding carboxylic acids is 1. The van der Waals surface area contributed by atoms with Crippen LogP contribution in [0, 0.1) is 11.7 Å². The number of esters is 1. The maximum atomic E-state index is 13.7. The van der Waals surface area contributed by atoms with E-state index in [1.54, 1.807) is 24.3 Å². The Morgan fingerprint density at radius 1 is 1.26 bits per heavy atom. The first-order valence-electron chi connectivity index (χ1n) is 8.08. The van der Waals surface area contributed by atoms with Gasteiger partial charge in [-0.15, -0.1) is 0 Å². The lowest BCUT2D eigenvalue weighted by Gasteiger charge is -2.20. The second-order valence-corrected chi connectivity index (χ2v) is 6.03. The van der Waals surface area contributed by atoms with Gasteiger partial charge in [0.2, 0.25) is 0 Å². The lowest BCUT2D eigenvalue weighted by atomic mass is 9.87. The summed E-state index contributed by atoms with van der Waals surface area (Å²) < 4.78 is 24.1. The first-order valence-corrected chi connectivity index (χ1v) is 8.08. The van der Waals surface area contributed by atoms with Gasteiger partial charge in [-0.05, 0) is 30.9 Å². The van der Waals surface area contributed by atoms with Gasteiger partial charge < -0.3 is 9.26 Å². The van der Waals surface area contributed by atoms with Gasteiger partial charge in [0.1, 0.15) is 18.1 Å². The lowest BCUT2D eigenvalue weighted by molar-refractivity contribution is -0.146. The van der Waals surface area contributed by atoms with Gasteiger partial charge in [-0.1, -0.05) is 36.6 Å². The van der Waals surface area contributed by atoms with Crippen molar-refractivity contribution in [2.24, 2.45) is 5.92 Å². The van der Waals surface area contributed by atoms with E-state index >= 15 is 0 Å². The van der Waals surface area contributed by atoms with Crippen molar-refractivity contribution in [1.29, 1.82) is 0 Å². The Hall–Kier alpha value is -2.17. The molecule has 122 valence electrons. The Balaban J connectivity index is 1.53. The fraction of sp³-hybridized carbons (Fsp3) is 0.444. The molecule has 0 bridgehead atoms. The van der Waals surface area contributed by atoms with Crippen LogP contribution >= 0.6 is 0 Å². The zero-order valence-electron chi connectivity index (χ0n) is 13.0. The van der Waals surface area contributed by atoms with E-state index in [2.05, 4.69) is 5.16 Å². The normalized spacial score (nSPS) is 15.5. The van der Waals surface area contributed by atoms with Gasteiger partial charge in [0.05, 0.1) is 5.56 Å². The van der Waals surface area contributed by atoms with Crippen molar-refractivity contribution in [3.05, 3.63) is 41.8 Å². The van der Waals surface area contributed by atoms with Crippen molar-refractivity contribution in [2.75, 3.05) is 0 Å². The third-order valence-electron chi connectivity index (χ3n) is 4.26. The summed E-state index contributed by atoms with van der Waals surface area (Å²) in [6.45, 7) is 0.0590. The fourth-order valence-corrected chi connectivity index (χ4v) is 3.01. The smallest absolute Gasteiger partial charge is 0.306 e. The summed E-state index contributed by atoms with van der Waals surface area (Å²) in [6, 6.07) is 7.93. The van der Waals surface area contributed by atoms with Gasteiger partial charge in [0.25, 0.3) is 0 Å². The highest BCUT2D eigenvalue weighted by atomic mass is 19.1. The van der Waals surface area contributed by atoms with Crippen LogP contribution in [0.25, 0.3) is 11.3 Å². The molecule has 0 amide bonds. The molecule has 4 nitrogen and oxygen atoms in total. The van der Waals surface area contributed by atoms with Crippen LogP contribution in [0.2, 0.25) is 0 Å². The monoisotopic (exact) mass is 317 g/mol. The van der Waals surface area contributed by atoms with E-state index in [1.807, 2.05) is 0 Å². The van der Waals surface area contributed by atoms with Crippen LogP contribution in [-0.2, 0) is 16.1 Å². The molecule has 23 heavy (non-hydrogen) atoms. The maximum Gasteiger partial charge on any atom is 0.306 e. The summed E-state index contributed by atoms with van der Waals surface area (Å²) >= 11 is 0. The molecular formula is C18H20FNO3. The van der Waals surface area contributed by atoms with E-state index in [0.717, 1.165) is 12.8 Å². The van der Waals surface area contributed by atoms with Crippen molar-refractivity contribution >= 4 is 5.97 Å². The molecule has 1 aliphatic carbocycles. The molecule has 0 spiro atoms. The summed E-state index contributed by atoms with van der Waals surface area (Å²) in [5.74, 6) is 0.209. The predicted molar refractivity (Wildman–Crippen MR) is 82.9 cm³/mol. The van der Waals surface area contributed by atoms with Gasteiger partial charge in [0, 0.05) is 12.5 Å². The van der Waals surface area contributed by atoms with Crippen LogP contribution in [-0.4, -0.2) is 11.1 Å². The number of hydrogen-bond donors (Lipinski definition) is 0. The Bertz CT molecular complexity index is 662. The largest absolute Gasteiger partial charge is 0.459 e. The van der Waals surface area contributed by atoms with Crippen LogP contribution in [0.4, 0.5) is 4.39 Å². The molecule has 1 heterocycles. The van der Waals surface area contributed by atoms with Gasteiger partial charge in [-0.2, -0.15) is 0 Å². The number of benzene rings is 1. The molecular weight excluding hydrogens is 297 g/mol. The van der Waals surface area contributed by atoms with Gasteiger partial charge in [-0.25, -0.2) is 4.39 Å². The van der Waals surface area contributed by atoms with Crippen LogP contribution in [0.1, 0.15) is 44.2 Å². The van der Waals surface area contributed by atoms with Crippen LogP contribution in [0.15, 0.2) is 34.9 Å². The van der Waals surface area contributed by atoms with Crippen LogP contribution in [0.3, 0.4) is 0 Å². The number of hydrogen-bond acceptors (Lipinski definition) is 4. The molecule has 3 rings (SSSR count). The molecule has 0 N–H and O–H groups in total. The van der Waals surface area contributed by atoms with Gasteiger partial charge in [0.15, 0.2) is 5.76 Å². The van der Waals surface area contributed by atoms with E-state index in [0.29, 0.717) is 29.4 Å². The zero-order valence-corrected chi connectivity index (χ0v) is 13.0. The van der Waals surface area contributed by atoms with E-state index < -0.39 is 0 Å². The topological polar surface area (TPSA) is 52.3 Å². The van der Waals surface area contributed by atoms with Crippen LogP contribution in [0.5, 0.6) is 0 Å². The second-order valence-electron chi connectivity index (χ2n) is 6.03. The summed E-state index contributed by atoms with van der Waals surface area (Å²) in [5.41, 5.74) is 0.833. The first-order chi connectivity index (χ1) is 11.2. The van der Waals surface area contributed by atoms with Crippen molar-refractivity contribution in [3.63, 3.8) is 0 Å². The van der Waals surface area contributed by atoms with E-state index in [4.69, 9.17) is 9.26 Å². The molecule has 1 fully saturated rings. The summed E-state index contributed by atoms with van der Waals surface area (Å²) in [6.07, 6.45) is 6.36. The second kappa shape index (κ2) is 7.40. The van der Waals surface area contributed by atoms with E-state index in [1.165, 1.54) is 25.3 Å². The number of nitrogens with zero attached hydrogens (tertiary/aromatic N) is 1. The number of ether oxygens (including phenoxy) is 1. The lowest BCUT2D eigenvalue weighted by Crippen LogP contribution is -2.14. The zero-order chi connectivity index (χ0) is 16.1. The minimum atomic E-state index is -0.371. The van der Waals surface area contributed by atoms with Gasteiger partial charge in [-0.3, -0.25) is 4.79 Å². The Kier molecular flexibility index (Phi) is 5.05. The summed E-state index contributed by atoms with van der Waals surface area (Å²) in [5, 5.41) is 3.83. The summed E-state index contributed by atoms with van der Waals surface area (Å²) in [4.78, 5) is 11.9. The van der Waals surface area contributed by atoms with Crippen molar-refractivity contribution in [1.82, 2.24) is 5.16 Å². The number of halogens is 1. The average molecular weight is 317 g/mol. The Morgan fingerprint density at radius 2 is 2.04 bits per heavy atom. The molecule has 5 heteroatoms. The highest BCUT2D eigenvalue weighted by Gasteiger charge is 2.18. The molecule has 0 unspecified atom stereocenters. The third-order valence-corrected chi connectivity index (χ3v) is 4.26. The molecule has 0 saturated heterocycles. The van der Waals surface area contributed by atoms with Crippen molar-refractivity contribution in [3.8, 4) is 11.3 Å². The average Bonchev–Trinajstić information content (AvgIpc) is 3.03.